The van der Waals surface area contributed by atoms with Crippen molar-refractivity contribution in [2.75, 3.05) is 17.1 Å². The van der Waals surface area contributed by atoms with E-state index in [9.17, 15) is 13.2 Å². The summed E-state index contributed by atoms with van der Waals surface area (Å²) in [6.45, 7) is 3.66. The molecule has 1 heterocycles. The van der Waals surface area contributed by atoms with Gasteiger partial charge in [-0.1, -0.05) is 0 Å². The van der Waals surface area contributed by atoms with Gasteiger partial charge in [-0.2, -0.15) is 0 Å². The molecule has 2 aromatic rings. The Bertz CT molecular complexity index is 936. The average Bonchev–Trinajstić information content (AvgIpc) is 2.89. The maximum Gasteiger partial charge on any atom is 0.261 e. The Morgan fingerprint density at radius 3 is 2.58 bits per heavy atom. The number of fused-ring (bicyclic) bond motifs is 1. The lowest BCUT2D eigenvalue weighted by atomic mass is 10.1. The monoisotopic (exact) mass is 346 g/mol. The Kier molecular flexibility index (Phi) is 3.96. The number of ether oxygens (including phenoxy) is 1. The molecule has 0 saturated heterocycles. The largest absolute Gasteiger partial charge is 0.496 e. The van der Waals surface area contributed by atoms with Gasteiger partial charge in [0.25, 0.3) is 10.0 Å². The van der Waals surface area contributed by atoms with Crippen LogP contribution in [0.25, 0.3) is 0 Å². The predicted molar refractivity (Wildman–Crippen MR) is 92.1 cm³/mol. The Labute approximate surface area is 140 Å². The van der Waals surface area contributed by atoms with E-state index in [0.29, 0.717) is 22.7 Å². The maximum atomic E-state index is 12.7. The summed E-state index contributed by atoms with van der Waals surface area (Å²) in [5.41, 5.74) is 3.45. The number of methoxy groups -OCH3 is 1. The van der Waals surface area contributed by atoms with Gasteiger partial charge < -0.3 is 10.1 Å². The molecule has 0 saturated carbocycles. The van der Waals surface area contributed by atoms with Crippen LogP contribution in [0.4, 0.5) is 11.4 Å². The van der Waals surface area contributed by atoms with Crippen molar-refractivity contribution in [1.82, 2.24) is 0 Å². The summed E-state index contributed by atoms with van der Waals surface area (Å²) in [5.74, 6) is 0.576. The molecule has 0 unspecified atom stereocenters. The minimum atomic E-state index is -3.74. The lowest BCUT2D eigenvalue weighted by molar-refractivity contribution is -0.115. The summed E-state index contributed by atoms with van der Waals surface area (Å²) in [5, 5.41) is 2.69. The van der Waals surface area contributed by atoms with Gasteiger partial charge in [0.2, 0.25) is 5.91 Å². The molecule has 126 valence electrons. The van der Waals surface area contributed by atoms with Crippen LogP contribution < -0.4 is 14.8 Å². The number of nitrogens with one attached hydrogen (secondary N) is 2. The van der Waals surface area contributed by atoms with E-state index in [1.165, 1.54) is 12.1 Å². The summed E-state index contributed by atoms with van der Waals surface area (Å²) in [4.78, 5) is 11.5. The summed E-state index contributed by atoms with van der Waals surface area (Å²) in [7, 11) is -2.17. The number of hydrogen-bond acceptors (Lipinski definition) is 4. The molecule has 0 spiro atoms. The smallest absolute Gasteiger partial charge is 0.261 e. The van der Waals surface area contributed by atoms with Crippen LogP contribution in [0.1, 0.15) is 16.7 Å². The number of carbonyl (C=O) groups excluding carboxylic acids is 1. The highest BCUT2D eigenvalue weighted by atomic mass is 32.2. The zero-order valence-corrected chi connectivity index (χ0v) is 14.5. The standard InChI is InChI=1S/C17H18N2O4S/c1-10-7-16(23-3)11(2)6-15(10)19-24(21,22)13-4-5-14-12(8-13)9-17(20)18-14/h4-8,19H,9H2,1-3H3,(H,18,20). The van der Waals surface area contributed by atoms with E-state index >= 15 is 0 Å². The number of carbonyl (C=O) groups is 1. The zero-order valence-electron chi connectivity index (χ0n) is 13.6. The van der Waals surface area contributed by atoms with Crippen LogP contribution in [0, 0.1) is 13.8 Å². The normalized spacial score (nSPS) is 13.4. The van der Waals surface area contributed by atoms with Crippen molar-refractivity contribution in [3.63, 3.8) is 0 Å². The van der Waals surface area contributed by atoms with E-state index in [-0.39, 0.29) is 17.2 Å². The van der Waals surface area contributed by atoms with Gasteiger partial charge in [-0.05, 0) is 60.9 Å². The van der Waals surface area contributed by atoms with Gasteiger partial charge in [0.05, 0.1) is 24.1 Å². The Balaban J connectivity index is 1.94. The molecule has 0 fully saturated rings. The van der Waals surface area contributed by atoms with E-state index in [2.05, 4.69) is 10.0 Å². The Hall–Kier alpha value is -2.54. The first-order valence-electron chi connectivity index (χ1n) is 7.41. The second-order valence-electron chi connectivity index (χ2n) is 5.79. The topological polar surface area (TPSA) is 84.5 Å². The van der Waals surface area contributed by atoms with E-state index < -0.39 is 10.0 Å². The highest BCUT2D eigenvalue weighted by Crippen LogP contribution is 2.30. The summed E-state index contributed by atoms with van der Waals surface area (Å²) in [6.07, 6.45) is 0.194. The first kappa shape index (κ1) is 16.3. The molecule has 0 atom stereocenters. The van der Waals surface area contributed by atoms with Gasteiger partial charge in [-0.15, -0.1) is 0 Å². The molecule has 7 heteroatoms. The molecule has 1 amide bonds. The van der Waals surface area contributed by atoms with Crippen LogP contribution in [0.15, 0.2) is 35.2 Å². The van der Waals surface area contributed by atoms with Crippen molar-refractivity contribution >= 4 is 27.3 Å². The first-order chi connectivity index (χ1) is 11.3. The van der Waals surface area contributed by atoms with Gasteiger partial charge in [0.1, 0.15) is 5.75 Å². The number of benzene rings is 2. The van der Waals surface area contributed by atoms with Crippen molar-refractivity contribution in [2.45, 2.75) is 25.2 Å². The van der Waals surface area contributed by atoms with Crippen LogP contribution in [0.5, 0.6) is 5.75 Å². The van der Waals surface area contributed by atoms with Gasteiger partial charge in [0.15, 0.2) is 0 Å². The highest BCUT2D eigenvalue weighted by Gasteiger charge is 2.22. The summed E-state index contributed by atoms with van der Waals surface area (Å²) >= 11 is 0. The summed E-state index contributed by atoms with van der Waals surface area (Å²) < 4.78 is 33.2. The van der Waals surface area contributed by atoms with Crippen LogP contribution in [-0.4, -0.2) is 21.4 Å². The molecule has 0 radical (unpaired) electrons. The minimum Gasteiger partial charge on any atom is -0.496 e. The third kappa shape index (κ3) is 2.94. The van der Waals surface area contributed by atoms with Gasteiger partial charge in [-0.25, -0.2) is 8.42 Å². The first-order valence-corrected chi connectivity index (χ1v) is 8.89. The Morgan fingerprint density at radius 2 is 1.88 bits per heavy atom. The van der Waals surface area contributed by atoms with E-state index in [1.54, 1.807) is 25.3 Å². The SMILES string of the molecule is COc1cc(C)c(NS(=O)(=O)c2ccc3c(c2)CC(=O)N3)cc1C. The number of aryl methyl sites for hydroxylation is 2. The predicted octanol–water partition coefficient (Wildman–Crippen LogP) is 2.61. The maximum absolute atomic E-state index is 12.7. The van der Waals surface area contributed by atoms with E-state index in [0.717, 1.165) is 11.1 Å². The molecular weight excluding hydrogens is 328 g/mol. The minimum absolute atomic E-state index is 0.130. The molecule has 3 rings (SSSR count). The number of sulfonamides is 1. The number of amides is 1. The van der Waals surface area contributed by atoms with Crippen LogP contribution >= 0.6 is 0 Å². The second-order valence-corrected chi connectivity index (χ2v) is 7.47. The van der Waals surface area contributed by atoms with Crippen LogP contribution in [0.3, 0.4) is 0 Å². The molecule has 0 bridgehead atoms. The lowest BCUT2D eigenvalue weighted by Crippen LogP contribution is -2.14. The molecule has 6 nitrogen and oxygen atoms in total. The van der Waals surface area contributed by atoms with Crippen molar-refractivity contribution in [3.8, 4) is 5.75 Å². The quantitative estimate of drug-likeness (QED) is 0.891. The fourth-order valence-electron chi connectivity index (χ4n) is 2.70. The molecule has 1 aliphatic heterocycles. The number of rotatable bonds is 4. The van der Waals surface area contributed by atoms with Crippen LogP contribution in [-0.2, 0) is 21.2 Å². The zero-order chi connectivity index (χ0) is 17.5. The molecule has 0 aromatic heterocycles. The van der Waals surface area contributed by atoms with Crippen LogP contribution in [0.2, 0.25) is 0 Å². The number of anilines is 2. The van der Waals surface area contributed by atoms with Gasteiger partial charge in [0, 0.05) is 5.69 Å². The lowest BCUT2D eigenvalue weighted by Gasteiger charge is -2.14. The fourth-order valence-corrected chi connectivity index (χ4v) is 3.87. The molecular formula is C17H18N2O4S. The third-order valence-electron chi connectivity index (χ3n) is 4.00. The van der Waals surface area contributed by atoms with Crippen molar-refractivity contribution in [3.05, 3.63) is 47.0 Å². The van der Waals surface area contributed by atoms with Crippen molar-refractivity contribution in [1.29, 1.82) is 0 Å². The summed E-state index contributed by atoms with van der Waals surface area (Å²) in [6, 6.07) is 8.16. The van der Waals surface area contributed by atoms with Gasteiger partial charge >= 0.3 is 0 Å². The van der Waals surface area contributed by atoms with E-state index in [1.807, 2.05) is 13.8 Å². The second kappa shape index (κ2) is 5.83. The average molecular weight is 346 g/mol. The van der Waals surface area contributed by atoms with E-state index in [4.69, 9.17) is 4.74 Å². The van der Waals surface area contributed by atoms with Crippen molar-refractivity contribution in [2.24, 2.45) is 0 Å². The number of hydrogen-bond donors (Lipinski definition) is 2. The molecule has 2 aromatic carbocycles. The molecule has 24 heavy (non-hydrogen) atoms. The molecule has 1 aliphatic rings. The Morgan fingerprint density at radius 1 is 1.12 bits per heavy atom. The third-order valence-corrected chi connectivity index (χ3v) is 5.36. The van der Waals surface area contributed by atoms with Gasteiger partial charge in [-0.3, -0.25) is 9.52 Å². The van der Waals surface area contributed by atoms with Crippen molar-refractivity contribution < 1.29 is 17.9 Å². The highest BCUT2D eigenvalue weighted by molar-refractivity contribution is 7.92. The molecule has 2 N–H and O–H groups in total. The molecule has 0 aliphatic carbocycles. The fraction of sp³-hybridized carbons (Fsp3) is 0.235.